The number of amidine groups is 1. The van der Waals surface area contributed by atoms with E-state index >= 15 is 0 Å². The average molecular weight is 458 g/mol. The van der Waals surface area contributed by atoms with Crippen LogP contribution in [-0.2, 0) is 10.0 Å². The molecule has 3 amide bonds. The normalized spacial score (nSPS) is 18.5. The van der Waals surface area contributed by atoms with Crippen molar-refractivity contribution in [3.8, 4) is 0 Å². The molecule has 31 heavy (non-hydrogen) atoms. The van der Waals surface area contributed by atoms with Crippen LogP contribution < -0.4 is 20.9 Å². The zero-order chi connectivity index (χ0) is 21.6. The fourth-order valence-corrected chi connectivity index (χ4v) is 5.59. The third-order valence-corrected chi connectivity index (χ3v) is 7.35. The maximum Gasteiger partial charge on any atom is 0.319 e. The van der Waals surface area contributed by atoms with Crippen LogP contribution in [0.4, 0.5) is 21.9 Å². The van der Waals surface area contributed by atoms with E-state index in [0.717, 1.165) is 23.4 Å². The predicted molar refractivity (Wildman–Crippen MR) is 120 cm³/mol. The maximum atomic E-state index is 12.7. The highest BCUT2D eigenvalue weighted by Crippen LogP contribution is 2.42. The predicted octanol–water partition coefficient (Wildman–Crippen LogP) is 2.83. The summed E-state index contributed by atoms with van der Waals surface area (Å²) in [7, 11) is -3.42. The smallest absolute Gasteiger partial charge is 0.319 e. The molecule has 0 unspecified atom stereocenters. The molecule has 2 aromatic rings. The summed E-state index contributed by atoms with van der Waals surface area (Å²) in [5.41, 5.74) is 2.55. The third kappa shape index (κ3) is 4.37. The summed E-state index contributed by atoms with van der Waals surface area (Å²) in [6, 6.07) is 12.2. The van der Waals surface area contributed by atoms with Crippen LogP contribution in [0.2, 0.25) is 0 Å². The Hall–Kier alpha value is -3.05. The molecule has 2 aromatic carbocycles. The van der Waals surface area contributed by atoms with E-state index in [-0.39, 0.29) is 23.7 Å². The molecule has 0 bridgehead atoms. The van der Waals surface area contributed by atoms with Crippen molar-refractivity contribution in [2.24, 2.45) is 4.40 Å². The molecule has 11 heteroatoms. The molecular formula is C20H19N5O4S2. The molecule has 3 aliphatic rings. The van der Waals surface area contributed by atoms with E-state index in [1.165, 1.54) is 11.8 Å². The molecule has 2 aliphatic heterocycles. The molecule has 1 saturated carbocycles. The maximum absolute atomic E-state index is 12.7. The van der Waals surface area contributed by atoms with Gasteiger partial charge < -0.3 is 20.9 Å². The number of benzene rings is 2. The number of thioether (sulfide) groups is 1. The second-order valence-corrected chi connectivity index (χ2v) is 10.3. The second kappa shape index (κ2) is 7.57. The van der Waals surface area contributed by atoms with Gasteiger partial charge in [0.2, 0.25) is 0 Å². The Bertz CT molecular complexity index is 1210. The Morgan fingerprint density at radius 3 is 2.45 bits per heavy atom. The van der Waals surface area contributed by atoms with Gasteiger partial charge in [-0.05, 0) is 67.1 Å². The number of carbonyl (C=O) groups excluding carboxylic acids is 2. The zero-order valence-corrected chi connectivity index (χ0v) is 17.9. The highest BCUT2D eigenvalue weighted by atomic mass is 32.2. The van der Waals surface area contributed by atoms with Crippen molar-refractivity contribution in [1.82, 2.24) is 5.32 Å². The summed E-state index contributed by atoms with van der Waals surface area (Å²) in [6.45, 7) is 0.353. The third-order valence-electron chi connectivity index (χ3n) is 5.05. The Kier molecular flexibility index (Phi) is 4.86. The molecule has 2 heterocycles. The van der Waals surface area contributed by atoms with Gasteiger partial charge in [-0.3, -0.25) is 4.79 Å². The van der Waals surface area contributed by atoms with Crippen LogP contribution in [0.3, 0.4) is 0 Å². The van der Waals surface area contributed by atoms with Gasteiger partial charge in [0.05, 0.1) is 11.4 Å². The highest BCUT2D eigenvalue weighted by molar-refractivity contribution is 8.15. The molecule has 0 radical (unpaired) electrons. The van der Waals surface area contributed by atoms with Crippen LogP contribution in [0, 0.1) is 0 Å². The fourth-order valence-electron chi connectivity index (χ4n) is 3.29. The molecule has 9 nitrogen and oxygen atoms in total. The van der Waals surface area contributed by atoms with Gasteiger partial charge in [-0.2, -0.15) is 0 Å². The van der Waals surface area contributed by atoms with Gasteiger partial charge in [0.25, 0.3) is 15.9 Å². The fraction of sp³-hybridized carbons (Fsp3) is 0.250. The minimum atomic E-state index is -3.42. The average Bonchev–Trinajstić information content (AvgIpc) is 3.46. The number of urea groups is 1. The van der Waals surface area contributed by atoms with Crippen molar-refractivity contribution in [3.63, 3.8) is 0 Å². The first-order chi connectivity index (χ1) is 14.9. The summed E-state index contributed by atoms with van der Waals surface area (Å²) in [4.78, 5) is 27.1. The minimum Gasteiger partial charge on any atom is -0.335 e. The van der Waals surface area contributed by atoms with Gasteiger partial charge in [0.1, 0.15) is 0 Å². The molecule has 0 aromatic heterocycles. The lowest BCUT2D eigenvalue weighted by Crippen LogP contribution is -2.35. The van der Waals surface area contributed by atoms with Gasteiger partial charge >= 0.3 is 6.03 Å². The van der Waals surface area contributed by atoms with Crippen molar-refractivity contribution in [3.05, 3.63) is 48.0 Å². The monoisotopic (exact) mass is 457 g/mol. The number of nitrogens with one attached hydrogen (secondary N) is 3. The number of hydrogen-bond acceptors (Lipinski definition) is 6. The Morgan fingerprint density at radius 2 is 1.74 bits per heavy atom. The van der Waals surface area contributed by atoms with Gasteiger partial charge in [-0.25, -0.2) is 13.2 Å². The number of anilines is 3. The van der Waals surface area contributed by atoms with E-state index in [1.807, 2.05) is 11.0 Å². The van der Waals surface area contributed by atoms with E-state index in [4.69, 9.17) is 0 Å². The van der Waals surface area contributed by atoms with Gasteiger partial charge in [-0.1, -0.05) is 0 Å². The number of hydrogen-bond donors (Lipinski definition) is 3. The molecular weight excluding hydrogens is 438 g/mol. The molecule has 5 rings (SSSR count). The molecule has 160 valence electrons. The lowest BCUT2D eigenvalue weighted by Gasteiger charge is -2.22. The number of rotatable bonds is 4. The highest BCUT2D eigenvalue weighted by Gasteiger charge is 2.33. The van der Waals surface area contributed by atoms with E-state index in [1.54, 1.807) is 36.4 Å². The van der Waals surface area contributed by atoms with E-state index in [0.29, 0.717) is 28.7 Å². The molecule has 0 atom stereocenters. The van der Waals surface area contributed by atoms with Crippen LogP contribution in [0.25, 0.3) is 0 Å². The number of fused-ring (bicyclic) bond motifs is 3. The Balaban J connectivity index is 1.25. The summed E-state index contributed by atoms with van der Waals surface area (Å²) >= 11 is 1.25. The molecule has 0 spiro atoms. The molecule has 3 N–H and O–H groups in total. The van der Waals surface area contributed by atoms with Crippen LogP contribution >= 0.6 is 11.8 Å². The standard InChI is InChI=1S/C20H19N5O4S2/c26-18(21-13-2-4-14(5-3-13)22-19(27)23-15-6-7-15)12-1-8-16-17(11-12)30-20-24-31(28,29)10-9-25(16)20/h1-5,8,11,15H,6-7,9-10H2,(H,21,26)(H2,22,23,27). The van der Waals surface area contributed by atoms with Crippen molar-refractivity contribution < 1.29 is 18.0 Å². The molecule has 1 fully saturated rings. The topological polar surface area (TPSA) is 120 Å². The summed E-state index contributed by atoms with van der Waals surface area (Å²) in [5, 5.41) is 8.86. The summed E-state index contributed by atoms with van der Waals surface area (Å²) < 4.78 is 27.3. The molecule has 1 aliphatic carbocycles. The number of nitrogens with zero attached hydrogens (tertiary/aromatic N) is 2. The largest absolute Gasteiger partial charge is 0.335 e. The Labute approximate surface area is 183 Å². The van der Waals surface area contributed by atoms with E-state index in [9.17, 15) is 18.0 Å². The SMILES string of the molecule is O=C(Nc1ccc(NC(=O)c2ccc3c(c2)SC2=NS(=O)(=O)CCN23)cc1)NC1CC1. The van der Waals surface area contributed by atoms with E-state index < -0.39 is 10.0 Å². The van der Waals surface area contributed by atoms with Crippen LogP contribution in [0.5, 0.6) is 0 Å². The number of amides is 3. The van der Waals surface area contributed by atoms with Gasteiger partial charge in [0.15, 0.2) is 5.17 Å². The van der Waals surface area contributed by atoms with Crippen molar-refractivity contribution in [1.29, 1.82) is 0 Å². The van der Waals surface area contributed by atoms with Gasteiger partial charge in [-0.15, -0.1) is 4.40 Å². The van der Waals surface area contributed by atoms with Crippen molar-refractivity contribution in [2.75, 3.05) is 27.8 Å². The number of sulfonamides is 1. The van der Waals surface area contributed by atoms with Gasteiger partial charge in [0, 0.05) is 34.4 Å². The molecule has 0 saturated heterocycles. The zero-order valence-electron chi connectivity index (χ0n) is 16.3. The van der Waals surface area contributed by atoms with Crippen molar-refractivity contribution >= 4 is 56.0 Å². The first-order valence-electron chi connectivity index (χ1n) is 9.77. The second-order valence-electron chi connectivity index (χ2n) is 7.50. The lowest BCUT2D eigenvalue weighted by atomic mass is 10.1. The van der Waals surface area contributed by atoms with Crippen LogP contribution in [0.1, 0.15) is 23.2 Å². The summed E-state index contributed by atoms with van der Waals surface area (Å²) in [6.07, 6.45) is 2.04. The van der Waals surface area contributed by atoms with Crippen LogP contribution in [-0.4, -0.2) is 43.9 Å². The Morgan fingerprint density at radius 1 is 1.03 bits per heavy atom. The first-order valence-corrected chi connectivity index (χ1v) is 12.2. The quantitative estimate of drug-likeness (QED) is 0.649. The minimum absolute atomic E-state index is 0.0220. The van der Waals surface area contributed by atoms with Crippen LogP contribution in [0.15, 0.2) is 51.8 Å². The number of carbonyl (C=O) groups is 2. The first kappa shape index (κ1) is 19.9. The van der Waals surface area contributed by atoms with E-state index in [2.05, 4.69) is 20.3 Å². The lowest BCUT2D eigenvalue weighted by molar-refractivity contribution is 0.102. The summed E-state index contributed by atoms with van der Waals surface area (Å²) in [5.74, 6) is -0.304. The van der Waals surface area contributed by atoms with Crippen molar-refractivity contribution in [2.45, 2.75) is 23.8 Å².